The molecule has 0 spiro atoms. The van der Waals surface area contributed by atoms with E-state index in [2.05, 4.69) is 36.1 Å². The van der Waals surface area contributed by atoms with Crippen LogP contribution in [-0.2, 0) is 19.7 Å². The number of aryl methyl sites for hydroxylation is 4. The molecule has 7 nitrogen and oxygen atoms in total. The molecule has 0 saturated carbocycles. The first-order chi connectivity index (χ1) is 15.4. The normalized spacial score (nSPS) is 14.7. The minimum absolute atomic E-state index is 0.0578. The van der Waals surface area contributed by atoms with Gasteiger partial charge in [0.2, 0.25) is 0 Å². The number of carbonyl (C=O) groups excluding carboxylic acids is 1. The van der Waals surface area contributed by atoms with Gasteiger partial charge in [-0.05, 0) is 57.0 Å². The van der Waals surface area contributed by atoms with Crippen molar-refractivity contribution in [2.75, 3.05) is 26.2 Å². The molecule has 0 unspecified atom stereocenters. The summed E-state index contributed by atoms with van der Waals surface area (Å²) in [7, 11) is 0. The van der Waals surface area contributed by atoms with Gasteiger partial charge in [-0.15, -0.1) is 0 Å². The Morgan fingerprint density at radius 1 is 1.09 bits per heavy atom. The minimum atomic E-state index is -0.0578. The van der Waals surface area contributed by atoms with E-state index in [-0.39, 0.29) is 5.91 Å². The molecule has 1 aromatic carbocycles. The van der Waals surface area contributed by atoms with Gasteiger partial charge in [0, 0.05) is 51.0 Å². The van der Waals surface area contributed by atoms with Crippen molar-refractivity contribution in [3.8, 4) is 5.75 Å². The Balaban J connectivity index is 1.29. The van der Waals surface area contributed by atoms with Gasteiger partial charge < -0.3 is 14.1 Å². The lowest BCUT2D eigenvalue weighted by molar-refractivity contribution is 0.0594. The highest BCUT2D eigenvalue weighted by Crippen LogP contribution is 2.21. The third-order valence-corrected chi connectivity index (χ3v) is 6.01. The summed E-state index contributed by atoms with van der Waals surface area (Å²) in [5.41, 5.74) is 4.56. The van der Waals surface area contributed by atoms with Crippen LogP contribution >= 0.6 is 0 Å². The molecule has 7 heteroatoms. The summed E-state index contributed by atoms with van der Waals surface area (Å²) >= 11 is 0. The summed E-state index contributed by atoms with van der Waals surface area (Å²) in [4.78, 5) is 17.1. The van der Waals surface area contributed by atoms with Crippen molar-refractivity contribution in [1.82, 2.24) is 19.6 Å². The van der Waals surface area contributed by atoms with Gasteiger partial charge in [0.05, 0.1) is 5.69 Å². The molecule has 0 atom stereocenters. The second-order valence-corrected chi connectivity index (χ2v) is 8.49. The van der Waals surface area contributed by atoms with Gasteiger partial charge in [-0.1, -0.05) is 12.1 Å². The highest BCUT2D eigenvalue weighted by atomic mass is 16.5. The summed E-state index contributed by atoms with van der Waals surface area (Å²) in [6.45, 7) is 13.3. The quantitative estimate of drug-likeness (QED) is 0.561. The van der Waals surface area contributed by atoms with Gasteiger partial charge >= 0.3 is 0 Å². The topological polar surface area (TPSA) is 63.7 Å². The van der Waals surface area contributed by atoms with Gasteiger partial charge in [-0.3, -0.25) is 14.4 Å². The predicted molar refractivity (Wildman–Crippen MR) is 123 cm³/mol. The van der Waals surface area contributed by atoms with E-state index < -0.39 is 0 Å². The summed E-state index contributed by atoms with van der Waals surface area (Å²) in [6, 6.07) is 9.68. The number of hydrogen-bond acceptors (Lipinski definition) is 5. The summed E-state index contributed by atoms with van der Waals surface area (Å²) in [6.07, 6.45) is 2.12. The van der Waals surface area contributed by atoms with Gasteiger partial charge in [0.1, 0.15) is 18.1 Å². The average Bonchev–Trinajstić information content (AvgIpc) is 3.41. The predicted octanol–water partition coefficient (Wildman–Crippen LogP) is 3.96. The third-order valence-electron chi connectivity index (χ3n) is 6.01. The van der Waals surface area contributed by atoms with Crippen LogP contribution in [0, 0.1) is 20.8 Å². The molecule has 0 N–H and O–H groups in total. The van der Waals surface area contributed by atoms with Crippen LogP contribution in [0.25, 0.3) is 0 Å². The molecule has 1 aliphatic rings. The maximum atomic E-state index is 12.9. The van der Waals surface area contributed by atoms with Gasteiger partial charge in [0.25, 0.3) is 5.91 Å². The summed E-state index contributed by atoms with van der Waals surface area (Å²) < 4.78 is 13.7. The molecule has 0 bridgehead atoms. The fourth-order valence-corrected chi connectivity index (χ4v) is 3.96. The van der Waals surface area contributed by atoms with Gasteiger partial charge in [-0.25, -0.2) is 0 Å². The van der Waals surface area contributed by atoms with Crippen LogP contribution in [0.1, 0.15) is 45.6 Å². The summed E-state index contributed by atoms with van der Waals surface area (Å²) in [5, 5.41) is 4.53. The molecule has 4 rings (SSSR count). The van der Waals surface area contributed by atoms with Crippen LogP contribution in [0.5, 0.6) is 5.75 Å². The number of carbonyl (C=O) groups is 1. The molecule has 0 radical (unpaired) electrons. The fraction of sp³-hybridized carbons (Fsp3) is 0.440. The zero-order chi connectivity index (χ0) is 22.7. The van der Waals surface area contributed by atoms with Crippen molar-refractivity contribution in [2.45, 2.75) is 47.4 Å². The van der Waals surface area contributed by atoms with Crippen molar-refractivity contribution in [1.29, 1.82) is 0 Å². The van der Waals surface area contributed by atoms with Crippen LogP contribution in [0.4, 0.5) is 0 Å². The third kappa shape index (κ3) is 5.05. The van der Waals surface area contributed by atoms with E-state index >= 15 is 0 Å². The monoisotopic (exact) mass is 436 g/mol. The van der Waals surface area contributed by atoms with E-state index in [1.54, 1.807) is 6.07 Å². The Kier molecular flexibility index (Phi) is 6.65. The maximum Gasteiger partial charge on any atom is 0.289 e. The van der Waals surface area contributed by atoms with E-state index in [0.717, 1.165) is 48.7 Å². The first-order valence-corrected chi connectivity index (χ1v) is 11.3. The van der Waals surface area contributed by atoms with E-state index in [4.69, 9.17) is 9.15 Å². The van der Waals surface area contributed by atoms with Crippen LogP contribution in [0.15, 0.2) is 40.9 Å². The molecule has 0 aliphatic carbocycles. The Bertz CT molecular complexity index is 1080. The SMILES string of the molecule is CCn1cc(CN2CCN(C(=O)c3ccc(COc4cc(C)ccc4C)o3)CC2)c(C)n1. The van der Waals surface area contributed by atoms with Crippen LogP contribution < -0.4 is 4.74 Å². The van der Waals surface area contributed by atoms with E-state index in [1.807, 2.05) is 41.6 Å². The zero-order valence-electron chi connectivity index (χ0n) is 19.4. The molecule has 1 amide bonds. The molecule has 3 aromatic rings. The molecule has 1 aliphatic heterocycles. The Morgan fingerprint density at radius 2 is 1.88 bits per heavy atom. The largest absolute Gasteiger partial charge is 0.485 e. The second-order valence-electron chi connectivity index (χ2n) is 8.49. The van der Waals surface area contributed by atoms with Crippen molar-refractivity contribution in [2.24, 2.45) is 0 Å². The van der Waals surface area contributed by atoms with E-state index in [1.165, 1.54) is 5.56 Å². The van der Waals surface area contributed by atoms with Crippen molar-refractivity contribution < 1.29 is 13.9 Å². The Labute approximate surface area is 189 Å². The molecule has 170 valence electrons. The number of aromatic nitrogens is 2. The van der Waals surface area contributed by atoms with Crippen molar-refractivity contribution >= 4 is 5.91 Å². The molecular formula is C25H32N4O3. The molecule has 1 saturated heterocycles. The smallest absolute Gasteiger partial charge is 0.289 e. The number of benzene rings is 1. The van der Waals surface area contributed by atoms with Crippen LogP contribution in [0.2, 0.25) is 0 Å². The van der Waals surface area contributed by atoms with Crippen molar-refractivity contribution in [3.63, 3.8) is 0 Å². The van der Waals surface area contributed by atoms with Crippen LogP contribution in [-0.4, -0.2) is 51.7 Å². The number of hydrogen-bond donors (Lipinski definition) is 0. The second kappa shape index (κ2) is 9.61. The van der Waals surface area contributed by atoms with Gasteiger partial charge in [0.15, 0.2) is 5.76 Å². The first-order valence-electron chi connectivity index (χ1n) is 11.3. The maximum absolute atomic E-state index is 12.9. The summed E-state index contributed by atoms with van der Waals surface area (Å²) in [5.74, 6) is 1.80. The minimum Gasteiger partial charge on any atom is -0.485 e. The standard InChI is InChI=1S/C25H32N4O3/c1-5-29-16-21(20(4)26-29)15-27-10-12-28(13-11-27)25(30)23-9-8-22(32-23)17-31-24-14-18(2)6-7-19(24)3/h6-9,14,16H,5,10-13,15,17H2,1-4H3. The fourth-order valence-electron chi connectivity index (χ4n) is 3.96. The Hall–Kier alpha value is -3.06. The highest BCUT2D eigenvalue weighted by molar-refractivity contribution is 5.91. The van der Waals surface area contributed by atoms with Crippen LogP contribution in [0.3, 0.4) is 0 Å². The lowest BCUT2D eigenvalue weighted by Crippen LogP contribution is -2.48. The number of ether oxygens (including phenoxy) is 1. The lowest BCUT2D eigenvalue weighted by Gasteiger charge is -2.34. The number of nitrogens with zero attached hydrogens (tertiary/aromatic N) is 4. The lowest BCUT2D eigenvalue weighted by atomic mass is 10.1. The zero-order valence-corrected chi connectivity index (χ0v) is 19.4. The molecular weight excluding hydrogens is 404 g/mol. The molecule has 1 fully saturated rings. The molecule has 3 heterocycles. The Morgan fingerprint density at radius 3 is 2.59 bits per heavy atom. The number of amides is 1. The first kappa shape index (κ1) is 22.1. The van der Waals surface area contributed by atoms with Gasteiger partial charge in [-0.2, -0.15) is 5.10 Å². The molecule has 2 aromatic heterocycles. The average molecular weight is 437 g/mol. The number of rotatable bonds is 7. The van der Waals surface area contributed by atoms with E-state index in [0.29, 0.717) is 31.2 Å². The number of piperazine rings is 1. The number of furan rings is 1. The van der Waals surface area contributed by atoms with Crippen molar-refractivity contribution in [3.05, 3.63) is 70.4 Å². The van der Waals surface area contributed by atoms with E-state index in [9.17, 15) is 4.79 Å². The molecule has 32 heavy (non-hydrogen) atoms. The highest BCUT2D eigenvalue weighted by Gasteiger charge is 2.25.